The molecule has 2 aromatic carbocycles. The molecule has 0 bridgehead atoms. The van der Waals surface area contributed by atoms with Crippen LogP contribution < -0.4 is 10.3 Å². The highest BCUT2D eigenvalue weighted by atomic mass is 16.5. The normalized spacial score (nSPS) is 10.4. The molecule has 0 amide bonds. The lowest BCUT2D eigenvalue weighted by atomic mass is 10.2. The van der Waals surface area contributed by atoms with Crippen LogP contribution in [0.15, 0.2) is 65.5 Å². The molecule has 3 rings (SSSR count). The maximum atomic E-state index is 11.8. The fourth-order valence-corrected chi connectivity index (χ4v) is 2.13. The van der Waals surface area contributed by atoms with E-state index in [0.29, 0.717) is 18.0 Å². The summed E-state index contributed by atoms with van der Waals surface area (Å²) in [6, 6.07) is 17.6. The van der Waals surface area contributed by atoms with Crippen LogP contribution in [0.2, 0.25) is 0 Å². The van der Waals surface area contributed by atoms with E-state index in [1.807, 2.05) is 30.3 Å². The van der Waals surface area contributed by atoms with Gasteiger partial charge in [0, 0.05) is 6.07 Å². The van der Waals surface area contributed by atoms with E-state index < -0.39 is 11.5 Å². The van der Waals surface area contributed by atoms with Crippen molar-refractivity contribution in [1.82, 2.24) is 9.78 Å². The van der Waals surface area contributed by atoms with E-state index in [2.05, 4.69) is 5.10 Å². The molecule has 0 spiro atoms. The van der Waals surface area contributed by atoms with Gasteiger partial charge in [-0.15, -0.1) is 0 Å². The molecule has 0 atom stereocenters. The molecule has 0 radical (unpaired) electrons. The van der Waals surface area contributed by atoms with Crippen LogP contribution in [0.25, 0.3) is 5.69 Å². The second-order valence-corrected chi connectivity index (χ2v) is 4.92. The van der Waals surface area contributed by atoms with Crippen molar-refractivity contribution in [2.24, 2.45) is 0 Å². The number of H-pyrrole nitrogens is 1. The predicted octanol–water partition coefficient (Wildman–Crippen LogP) is 2.44. The summed E-state index contributed by atoms with van der Waals surface area (Å²) in [5.74, 6) is -0.515. The summed E-state index contributed by atoms with van der Waals surface area (Å²) >= 11 is 0. The number of nitrogens with one attached hydrogen (secondary N) is 1. The number of rotatable bonds is 5. The van der Waals surface area contributed by atoms with E-state index >= 15 is 0 Å². The molecule has 1 aromatic heterocycles. The van der Waals surface area contributed by atoms with Gasteiger partial charge in [-0.1, -0.05) is 30.3 Å². The van der Waals surface area contributed by atoms with Crippen molar-refractivity contribution in [3.63, 3.8) is 0 Å². The summed E-state index contributed by atoms with van der Waals surface area (Å²) in [5.41, 5.74) is 1.01. The average molecular weight is 310 g/mol. The lowest BCUT2D eigenvalue weighted by Gasteiger charge is -2.07. The fourth-order valence-electron chi connectivity index (χ4n) is 2.13. The van der Waals surface area contributed by atoms with Crippen LogP contribution in [0.5, 0.6) is 5.75 Å². The summed E-state index contributed by atoms with van der Waals surface area (Å²) in [7, 11) is 0. The first-order valence-corrected chi connectivity index (χ1v) is 6.96. The van der Waals surface area contributed by atoms with Gasteiger partial charge in [-0.3, -0.25) is 9.89 Å². The smallest absolute Gasteiger partial charge is 0.353 e. The van der Waals surface area contributed by atoms with Crippen LogP contribution in [0.4, 0.5) is 0 Å². The maximum Gasteiger partial charge on any atom is 0.353 e. The Kier molecular flexibility index (Phi) is 3.97. The number of carbonyl (C=O) groups is 1. The number of aromatic amines is 1. The van der Waals surface area contributed by atoms with Gasteiger partial charge in [-0.25, -0.2) is 9.48 Å². The molecule has 23 heavy (non-hydrogen) atoms. The van der Waals surface area contributed by atoms with Crippen molar-refractivity contribution in [3.05, 3.63) is 82.3 Å². The second kappa shape index (κ2) is 6.23. The number of carboxylic acid groups (broad SMARTS) is 1. The minimum atomic E-state index is -1.18. The first-order chi connectivity index (χ1) is 11.1. The minimum absolute atomic E-state index is 0.153. The van der Waals surface area contributed by atoms with Crippen LogP contribution >= 0.6 is 0 Å². The highest BCUT2D eigenvalue weighted by molar-refractivity contribution is 5.85. The quantitative estimate of drug-likeness (QED) is 0.758. The molecule has 6 nitrogen and oxygen atoms in total. The number of carboxylic acids is 1. The van der Waals surface area contributed by atoms with E-state index in [9.17, 15) is 9.59 Å². The molecule has 3 aromatic rings. The van der Waals surface area contributed by atoms with Crippen molar-refractivity contribution in [3.8, 4) is 11.4 Å². The number of ether oxygens (including phenoxy) is 1. The van der Waals surface area contributed by atoms with E-state index in [0.717, 1.165) is 11.6 Å². The Balaban J connectivity index is 1.74. The molecule has 0 saturated carbocycles. The fraction of sp³-hybridized carbons (Fsp3) is 0.0588. The number of aromatic carboxylic acids is 1. The third-order valence-electron chi connectivity index (χ3n) is 3.29. The average Bonchev–Trinajstić information content (AvgIpc) is 2.97. The van der Waals surface area contributed by atoms with Gasteiger partial charge < -0.3 is 9.84 Å². The molecular weight excluding hydrogens is 296 g/mol. The first kappa shape index (κ1) is 14.6. The third-order valence-corrected chi connectivity index (χ3v) is 3.29. The van der Waals surface area contributed by atoms with Gasteiger partial charge in [0.25, 0.3) is 5.56 Å². The lowest BCUT2D eigenvalue weighted by molar-refractivity contribution is 0.0690. The molecule has 0 aliphatic rings. The summed E-state index contributed by atoms with van der Waals surface area (Å²) in [6.07, 6.45) is 0. The monoisotopic (exact) mass is 310 g/mol. The van der Waals surface area contributed by atoms with Gasteiger partial charge in [0.2, 0.25) is 0 Å². The molecule has 116 valence electrons. The largest absolute Gasteiger partial charge is 0.489 e. The van der Waals surface area contributed by atoms with Crippen molar-refractivity contribution in [1.29, 1.82) is 0 Å². The number of nitrogens with zero attached hydrogens (tertiary/aromatic N) is 1. The standard InChI is InChI=1S/C17H14N2O4/c20-16-10-15(17(21)22)18-19(16)13-6-8-14(9-7-13)23-11-12-4-2-1-3-5-12/h1-10,18H,11H2,(H,21,22). The highest BCUT2D eigenvalue weighted by Gasteiger charge is 2.10. The molecule has 2 N–H and O–H groups in total. The number of hydrogen-bond donors (Lipinski definition) is 2. The Morgan fingerprint density at radius 1 is 1.09 bits per heavy atom. The zero-order chi connectivity index (χ0) is 16.2. The molecule has 0 fully saturated rings. The van der Waals surface area contributed by atoms with Crippen molar-refractivity contribution >= 4 is 5.97 Å². The topological polar surface area (TPSA) is 84.3 Å². The van der Waals surface area contributed by atoms with Crippen molar-refractivity contribution in [2.45, 2.75) is 6.61 Å². The zero-order valence-electron chi connectivity index (χ0n) is 12.1. The number of benzene rings is 2. The van der Waals surface area contributed by atoms with Crippen molar-refractivity contribution in [2.75, 3.05) is 0 Å². The lowest BCUT2D eigenvalue weighted by Crippen LogP contribution is -2.13. The van der Waals surface area contributed by atoms with E-state index in [1.165, 1.54) is 4.68 Å². The van der Waals surface area contributed by atoms with Gasteiger partial charge in [0.15, 0.2) is 0 Å². The minimum Gasteiger partial charge on any atom is -0.489 e. The molecule has 1 heterocycles. The Morgan fingerprint density at radius 3 is 2.39 bits per heavy atom. The third kappa shape index (κ3) is 3.32. The summed E-state index contributed by atoms with van der Waals surface area (Å²) in [5, 5.41) is 11.4. The highest BCUT2D eigenvalue weighted by Crippen LogP contribution is 2.15. The second-order valence-electron chi connectivity index (χ2n) is 4.92. The van der Waals surface area contributed by atoms with Crippen LogP contribution in [0.3, 0.4) is 0 Å². The molecule has 0 aliphatic heterocycles. The van der Waals surface area contributed by atoms with Gasteiger partial charge in [0.05, 0.1) is 5.69 Å². The Morgan fingerprint density at radius 2 is 1.78 bits per heavy atom. The van der Waals surface area contributed by atoms with Crippen LogP contribution in [0, 0.1) is 0 Å². The predicted molar refractivity (Wildman–Crippen MR) is 84.1 cm³/mol. The first-order valence-electron chi connectivity index (χ1n) is 6.96. The Labute approximate surface area is 131 Å². The molecule has 6 heteroatoms. The van der Waals surface area contributed by atoms with Gasteiger partial charge in [-0.05, 0) is 29.8 Å². The van der Waals surface area contributed by atoms with Crippen molar-refractivity contribution < 1.29 is 14.6 Å². The SMILES string of the molecule is O=C(O)c1cc(=O)n(-c2ccc(OCc3ccccc3)cc2)[nH]1. The van der Waals surface area contributed by atoms with E-state index in [4.69, 9.17) is 9.84 Å². The molecule has 0 aliphatic carbocycles. The van der Waals surface area contributed by atoms with Gasteiger partial charge >= 0.3 is 5.97 Å². The van der Waals surface area contributed by atoms with Gasteiger partial charge in [-0.2, -0.15) is 0 Å². The summed E-state index contributed by atoms with van der Waals surface area (Å²) in [4.78, 5) is 22.6. The Hall–Kier alpha value is -3.28. The molecular formula is C17H14N2O4. The Bertz CT molecular complexity index is 864. The summed E-state index contributed by atoms with van der Waals surface area (Å²) < 4.78 is 6.84. The van der Waals surface area contributed by atoms with E-state index in [1.54, 1.807) is 24.3 Å². The number of hydrogen-bond acceptors (Lipinski definition) is 3. The summed E-state index contributed by atoms with van der Waals surface area (Å²) in [6.45, 7) is 0.450. The van der Waals surface area contributed by atoms with Crippen LogP contribution in [0.1, 0.15) is 16.1 Å². The molecule has 0 unspecified atom stereocenters. The maximum absolute atomic E-state index is 11.8. The van der Waals surface area contributed by atoms with Gasteiger partial charge in [0.1, 0.15) is 18.1 Å². The number of aromatic nitrogens is 2. The van der Waals surface area contributed by atoms with E-state index in [-0.39, 0.29) is 5.69 Å². The zero-order valence-corrected chi connectivity index (χ0v) is 12.1. The van der Waals surface area contributed by atoms with Crippen LogP contribution in [-0.4, -0.2) is 20.9 Å². The van der Waals surface area contributed by atoms with Crippen LogP contribution in [-0.2, 0) is 6.61 Å². The molecule has 0 saturated heterocycles.